The Kier molecular flexibility index (Phi) is 4.12. The fourth-order valence-electron chi connectivity index (χ4n) is 2.55. The van der Waals surface area contributed by atoms with Crippen LogP contribution in [0.15, 0.2) is 10.9 Å². The number of aromatic nitrogens is 1. The number of likely N-dealkylation sites (tertiary alicyclic amines) is 1. The number of carboxylic acid groups (broad SMARTS) is 1. The molecule has 0 saturated carbocycles. The van der Waals surface area contributed by atoms with E-state index >= 15 is 0 Å². The maximum Gasteiger partial charge on any atom is 0.304 e. The number of rotatable bonds is 4. The Morgan fingerprint density at radius 1 is 1.71 bits per heavy atom. The van der Waals surface area contributed by atoms with Crippen molar-refractivity contribution in [3.05, 3.63) is 16.6 Å². The van der Waals surface area contributed by atoms with E-state index in [1.807, 2.05) is 5.51 Å². The average molecular weight is 254 g/mol. The van der Waals surface area contributed by atoms with E-state index in [1.165, 1.54) is 0 Å². The van der Waals surface area contributed by atoms with E-state index in [0.29, 0.717) is 0 Å². The number of carbonyl (C=O) groups is 1. The van der Waals surface area contributed by atoms with Gasteiger partial charge in [-0.1, -0.05) is 6.42 Å². The van der Waals surface area contributed by atoms with E-state index in [0.717, 1.165) is 31.5 Å². The summed E-state index contributed by atoms with van der Waals surface area (Å²) < 4.78 is 0. The van der Waals surface area contributed by atoms with Gasteiger partial charge in [0.25, 0.3) is 0 Å². The maximum atomic E-state index is 10.9. The molecule has 17 heavy (non-hydrogen) atoms. The first-order valence-electron chi connectivity index (χ1n) is 6.04. The number of piperidine rings is 1. The Bertz CT molecular complexity index is 367. The first kappa shape index (κ1) is 12.5. The minimum absolute atomic E-state index is 0.165. The first-order chi connectivity index (χ1) is 8.18. The molecule has 1 aliphatic rings. The minimum Gasteiger partial charge on any atom is -0.481 e. The Balaban J connectivity index is 2.07. The first-order valence-corrected chi connectivity index (χ1v) is 6.98. The molecule has 0 radical (unpaired) electrons. The van der Waals surface area contributed by atoms with Crippen molar-refractivity contribution >= 4 is 17.3 Å². The summed E-state index contributed by atoms with van der Waals surface area (Å²) in [5, 5.41) is 11.0. The van der Waals surface area contributed by atoms with Crippen molar-refractivity contribution in [3.63, 3.8) is 0 Å². The van der Waals surface area contributed by atoms with Crippen molar-refractivity contribution in [2.24, 2.45) is 0 Å². The summed E-state index contributed by atoms with van der Waals surface area (Å²) in [5.74, 6) is -0.702. The van der Waals surface area contributed by atoms with Crippen LogP contribution in [0.4, 0.5) is 0 Å². The fraction of sp³-hybridized carbons (Fsp3) is 0.667. The number of nitrogens with zero attached hydrogens (tertiary/aromatic N) is 2. The zero-order chi connectivity index (χ0) is 12.3. The molecule has 0 amide bonds. The van der Waals surface area contributed by atoms with Crippen molar-refractivity contribution in [1.82, 2.24) is 9.88 Å². The van der Waals surface area contributed by atoms with Crippen molar-refractivity contribution < 1.29 is 9.90 Å². The lowest BCUT2D eigenvalue weighted by Crippen LogP contribution is -2.42. The fourth-order valence-corrected chi connectivity index (χ4v) is 3.19. The van der Waals surface area contributed by atoms with Gasteiger partial charge >= 0.3 is 5.97 Å². The molecule has 1 aromatic heterocycles. The highest BCUT2D eigenvalue weighted by atomic mass is 32.1. The molecule has 5 heteroatoms. The highest BCUT2D eigenvalue weighted by molar-refractivity contribution is 7.07. The van der Waals surface area contributed by atoms with E-state index in [1.54, 1.807) is 11.3 Å². The Morgan fingerprint density at radius 2 is 2.53 bits per heavy atom. The monoisotopic (exact) mass is 254 g/mol. The van der Waals surface area contributed by atoms with E-state index in [4.69, 9.17) is 5.11 Å². The van der Waals surface area contributed by atoms with Crippen LogP contribution in [0.25, 0.3) is 0 Å². The number of hydrogen-bond acceptors (Lipinski definition) is 4. The smallest absolute Gasteiger partial charge is 0.304 e. The zero-order valence-corrected chi connectivity index (χ0v) is 10.8. The average Bonchev–Trinajstić information content (AvgIpc) is 2.81. The summed E-state index contributed by atoms with van der Waals surface area (Å²) in [5.41, 5.74) is 2.90. The van der Waals surface area contributed by atoms with Crippen molar-refractivity contribution in [2.45, 2.75) is 44.7 Å². The van der Waals surface area contributed by atoms with E-state index in [-0.39, 0.29) is 18.5 Å². The van der Waals surface area contributed by atoms with Gasteiger partial charge in [0.1, 0.15) is 0 Å². The Hall–Kier alpha value is -0.940. The van der Waals surface area contributed by atoms with E-state index < -0.39 is 5.97 Å². The van der Waals surface area contributed by atoms with Crippen LogP contribution in [-0.4, -0.2) is 33.5 Å². The lowest BCUT2D eigenvalue weighted by atomic mass is 9.97. The summed E-state index contributed by atoms with van der Waals surface area (Å²) in [6.45, 7) is 3.10. The molecule has 2 unspecified atom stereocenters. The normalized spacial score (nSPS) is 23.5. The molecule has 0 aromatic carbocycles. The van der Waals surface area contributed by atoms with E-state index in [9.17, 15) is 4.79 Å². The van der Waals surface area contributed by atoms with Crippen LogP contribution < -0.4 is 0 Å². The topological polar surface area (TPSA) is 53.4 Å². The van der Waals surface area contributed by atoms with Gasteiger partial charge in [-0.3, -0.25) is 9.69 Å². The molecule has 2 atom stereocenters. The van der Waals surface area contributed by atoms with Crippen LogP contribution in [0.3, 0.4) is 0 Å². The minimum atomic E-state index is -0.702. The number of carboxylic acids is 1. The number of aliphatic carboxylic acids is 1. The Labute approximate surface area is 105 Å². The molecule has 1 N–H and O–H groups in total. The summed E-state index contributed by atoms with van der Waals surface area (Å²) in [7, 11) is 0. The molecule has 2 rings (SSSR count). The second kappa shape index (κ2) is 5.60. The van der Waals surface area contributed by atoms with Gasteiger partial charge in [0.05, 0.1) is 23.7 Å². The molecule has 2 heterocycles. The molecule has 0 bridgehead atoms. The quantitative estimate of drug-likeness (QED) is 0.897. The third-order valence-electron chi connectivity index (χ3n) is 3.46. The van der Waals surface area contributed by atoms with Crippen molar-refractivity contribution in [3.8, 4) is 0 Å². The van der Waals surface area contributed by atoms with E-state index in [2.05, 4.69) is 22.2 Å². The molecule has 94 valence electrons. The summed E-state index contributed by atoms with van der Waals surface area (Å²) in [6.07, 6.45) is 3.53. The molecule has 1 aromatic rings. The second-order valence-electron chi connectivity index (χ2n) is 4.57. The molecule has 1 saturated heterocycles. The predicted octanol–water partition coefficient (Wildman–Crippen LogP) is 2.53. The standard InChI is InChI=1S/C12H18N2O2S/c1-9(11-7-17-8-13-11)14-5-3-2-4-10(14)6-12(15)16/h7-10H,2-6H2,1H3,(H,15,16). The third-order valence-corrected chi connectivity index (χ3v) is 4.06. The van der Waals surface area contributed by atoms with Gasteiger partial charge in [0, 0.05) is 11.4 Å². The molecule has 1 fully saturated rings. The van der Waals surface area contributed by atoms with Crippen LogP contribution in [-0.2, 0) is 4.79 Å². The molecule has 0 aliphatic carbocycles. The van der Waals surface area contributed by atoms with Gasteiger partial charge in [-0.05, 0) is 26.3 Å². The molecular weight excluding hydrogens is 236 g/mol. The number of hydrogen-bond donors (Lipinski definition) is 1. The highest BCUT2D eigenvalue weighted by Crippen LogP contribution is 2.29. The second-order valence-corrected chi connectivity index (χ2v) is 5.29. The predicted molar refractivity (Wildman–Crippen MR) is 67.1 cm³/mol. The van der Waals surface area contributed by atoms with Gasteiger partial charge < -0.3 is 5.11 Å². The summed E-state index contributed by atoms with van der Waals surface area (Å²) in [6, 6.07) is 0.392. The van der Waals surface area contributed by atoms with Crippen molar-refractivity contribution in [1.29, 1.82) is 0 Å². The van der Waals surface area contributed by atoms with Gasteiger partial charge in [-0.15, -0.1) is 11.3 Å². The molecule has 4 nitrogen and oxygen atoms in total. The van der Waals surface area contributed by atoms with Crippen LogP contribution in [0.5, 0.6) is 0 Å². The van der Waals surface area contributed by atoms with Crippen LogP contribution in [0, 0.1) is 0 Å². The van der Waals surface area contributed by atoms with Gasteiger partial charge in [0.2, 0.25) is 0 Å². The lowest BCUT2D eigenvalue weighted by Gasteiger charge is -2.38. The number of thiazole rings is 1. The van der Waals surface area contributed by atoms with Crippen LogP contribution >= 0.6 is 11.3 Å². The van der Waals surface area contributed by atoms with Crippen molar-refractivity contribution in [2.75, 3.05) is 6.54 Å². The SMILES string of the molecule is CC(c1cscn1)N1CCCCC1CC(=O)O. The molecule has 0 spiro atoms. The summed E-state index contributed by atoms with van der Waals surface area (Å²) in [4.78, 5) is 17.5. The van der Waals surface area contributed by atoms with Gasteiger partial charge in [0.15, 0.2) is 0 Å². The third kappa shape index (κ3) is 3.04. The summed E-state index contributed by atoms with van der Waals surface area (Å²) >= 11 is 1.59. The zero-order valence-electron chi connectivity index (χ0n) is 10.0. The van der Waals surface area contributed by atoms with Crippen LogP contribution in [0.2, 0.25) is 0 Å². The van der Waals surface area contributed by atoms with Gasteiger partial charge in [-0.25, -0.2) is 4.98 Å². The maximum absolute atomic E-state index is 10.9. The lowest BCUT2D eigenvalue weighted by molar-refractivity contribution is -0.139. The van der Waals surface area contributed by atoms with Gasteiger partial charge in [-0.2, -0.15) is 0 Å². The van der Waals surface area contributed by atoms with Crippen LogP contribution in [0.1, 0.15) is 44.3 Å². The molecular formula is C12H18N2O2S. The molecule has 1 aliphatic heterocycles. The largest absolute Gasteiger partial charge is 0.481 e. The Morgan fingerprint density at radius 3 is 3.18 bits per heavy atom. The highest BCUT2D eigenvalue weighted by Gasteiger charge is 2.29.